The molecule has 0 spiro atoms. The Hall–Kier alpha value is -0.810. The highest BCUT2D eigenvalue weighted by molar-refractivity contribution is 7.99. The fourth-order valence-corrected chi connectivity index (χ4v) is 4.80. The van der Waals surface area contributed by atoms with E-state index in [1.807, 2.05) is 30.3 Å². The van der Waals surface area contributed by atoms with Crippen LogP contribution in [0.5, 0.6) is 0 Å². The van der Waals surface area contributed by atoms with Crippen molar-refractivity contribution in [1.29, 1.82) is 0 Å². The maximum atomic E-state index is 12.1. The van der Waals surface area contributed by atoms with Crippen molar-refractivity contribution in [2.75, 3.05) is 12.4 Å². The predicted octanol–water partition coefficient (Wildman–Crippen LogP) is 3.69. The van der Waals surface area contributed by atoms with Gasteiger partial charge in [-0.1, -0.05) is 25.1 Å². The molecule has 130 valence electrons. The van der Waals surface area contributed by atoms with Crippen molar-refractivity contribution in [1.82, 2.24) is 0 Å². The monoisotopic (exact) mass is 360 g/mol. The van der Waals surface area contributed by atoms with Gasteiger partial charge in [-0.25, -0.2) is 0 Å². The van der Waals surface area contributed by atoms with Crippen molar-refractivity contribution >= 4 is 25.3 Å². The minimum absolute atomic E-state index is 0.167. The molecular weight excluding hydrogens is 335 g/mol. The van der Waals surface area contributed by atoms with Gasteiger partial charge in [0.05, 0.1) is 11.8 Å². The van der Waals surface area contributed by atoms with E-state index in [1.165, 1.54) is 11.8 Å². The van der Waals surface area contributed by atoms with Gasteiger partial charge >= 0.3 is 13.6 Å². The number of hydrogen-bond acceptors (Lipinski definition) is 4. The number of rotatable bonds is 9. The molecule has 0 fully saturated rings. The molecule has 2 atom stereocenters. The Bertz CT molecular complexity index is 545. The van der Waals surface area contributed by atoms with Gasteiger partial charge in [0.2, 0.25) is 0 Å². The first-order valence-corrected chi connectivity index (χ1v) is 10.2. The number of hydrogen-bond donors (Lipinski definition) is 2. The zero-order valence-corrected chi connectivity index (χ0v) is 15.5. The van der Waals surface area contributed by atoms with Crippen LogP contribution >= 0.6 is 19.4 Å². The van der Waals surface area contributed by atoms with Crippen molar-refractivity contribution in [3.63, 3.8) is 0 Å². The van der Waals surface area contributed by atoms with Gasteiger partial charge in [-0.15, -0.1) is 11.8 Å². The quantitative estimate of drug-likeness (QED) is 0.397. The number of esters is 1. The largest absolute Gasteiger partial charge is 0.466 e. The predicted molar refractivity (Wildman–Crippen MR) is 92.6 cm³/mol. The van der Waals surface area contributed by atoms with Crippen LogP contribution in [0.2, 0.25) is 0 Å². The summed E-state index contributed by atoms with van der Waals surface area (Å²) in [5.74, 6) is -0.363. The van der Waals surface area contributed by atoms with Crippen LogP contribution in [0.3, 0.4) is 0 Å². The highest BCUT2D eigenvalue weighted by Gasteiger charge is 2.46. The first-order valence-electron chi connectivity index (χ1n) is 7.60. The summed E-state index contributed by atoms with van der Waals surface area (Å²) in [6, 6.07) is 9.50. The summed E-state index contributed by atoms with van der Waals surface area (Å²) in [6.07, 6.45) is 0.552. The van der Waals surface area contributed by atoms with Crippen molar-refractivity contribution in [3.05, 3.63) is 30.3 Å². The minimum atomic E-state index is -4.33. The second-order valence-electron chi connectivity index (χ2n) is 5.75. The molecule has 0 aliphatic carbocycles. The smallest absolute Gasteiger partial charge is 0.332 e. The molecule has 7 heteroatoms. The van der Waals surface area contributed by atoms with Crippen LogP contribution in [0.1, 0.15) is 33.6 Å². The van der Waals surface area contributed by atoms with Crippen LogP contribution in [0.25, 0.3) is 0 Å². The van der Waals surface area contributed by atoms with Crippen LogP contribution < -0.4 is 0 Å². The van der Waals surface area contributed by atoms with Gasteiger partial charge in [-0.2, -0.15) is 0 Å². The third kappa shape index (κ3) is 5.96. The van der Waals surface area contributed by atoms with Crippen molar-refractivity contribution in [3.8, 4) is 0 Å². The van der Waals surface area contributed by atoms with Gasteiger partial charge in [-0.05, 0) is 38.3 Å². The van der Waals surface area contributed by atoms with Gasteiger partial charge < -0.3 is 14.5 Å². The number of benzene rings is 1. The molecule has 5 nitrogen and oxygen atoms in total. The molecule has 0 aliphatic rings. The van der Waals surface area contributed by atoms with E-state index in [9.17, 15) is 19.1 Å². The molecule has 0 amide bonds. The molecule has 0 aromatic heterocycles. The number of thioether (sulfide) groups is 1. The second kappa shape index (κ2) is 8.88. The summed E-state index contributed by atoms with van der Waals surface area (Å²) in [4.78, 5) is 32.1. The molecule has 2 N–H and O–H groups in total. The highest BCUT2D eigenvalue weighted by atomic mass is 32.2. The molecule has 1 aromatic carbocycles. The Morgan fingerprint density at radius 1 is 1.35 bits per heavy atom. The number of carbonyl (C=O) groups excluding carboxylic acids is 1. The fraction of sp³-hybridized carbons (Fsp3) is 0.562. The first kappa shape index (κ1) is 20.2. The zero-order chi connectivity index (χ0) is 17.5. The average molecular weight is 360 g/mol. The Balaban J connectivity index is 2.77. The molecule has 0 bridgehead atoms. The lowest BCUT2D eigenvalue weighted by Crippen LogP contribution is -2.36. The molecule has 0 radical (unpaired) electrons. The van der Waals surface area contributed by atoms with Gasteiger partial charge in [-0.3, -0.25) is 9.36 Å². The van der Waals surface area contributed by atoms with E-state index in [0.717, 1.165) is 4.90 Å². The van der Waals surface area contributed by atoms with E-state index in [1.54, 1.807) is 20.8 Å². The molecule has 23 heavy (non-hydrogen) atoms. The van der Waals surface area contributed by atoms with Crippen LogP contribution in [0.15, 0.2) is 35.2 Å². The van der Waals surface area contributed by atoms with Crippen molar-refractivity contribution in [2.24, 2.45) is 5.92 Å². The maximum absolute atomic E-state index is 12.1. The zero-order valence-electron chi connectivity index (χ0n) is 13.8. The van der Waals surface area contributed by atoms with E-state index >= 15 is 0 Å². The van der Waals surface area contributed by atoms with E-state index in [0.29, 0.717) is 13.0 Å². The topological polar surface area (TPSA) is 83.8 Å². The summed E-state index contributed by atoms with van der Waals surface area (Å²) in [6.45, 7) is 5.42. The van der Waals surface area contributed by atoms with Crippen LogP contribution in [0, 0.1) is 5.92 Å². The molecule has 0 saturated carbocycles. The SMILES string of the molecule is CCOC(=O)CCC(C)C(C)(CSc1ccccc1)P(=O)(O)O. The molecule has 0 saturated heterocycles. The standard InChI is InChI=1S/C16H25O5PS/c1-4-21-15(17)11-10-13(2)16(3,22(18,19)20)12-23-14-8-6-5-7-9-14/h5-9,13H,4,10-12H2,1-3H3,(H2,18,19,20). The van der Waals surface area contributed by atoms with Crippen LogP contribution in [-0.4, -0.2) is 33.3 Å². The molecule has 1 aromatic rings. The first-order chi connectivity index (χ1) is 10.7. The highest BCUT2D eigenvalue weighted by Crippen LogP contribution is 2.57. The summed E-state index contributed by atoms with van der Waals surface area (Å²) in [5.41, 5.74) is 0. The average Bonchev–Trinajstić information content (AvgIpc) is 2.50. The van der Waals surface area contributed by atoms with Crippen LogP contribution in [-0.2, 0) is 14.1 Å². The van der Waals surface area contributed by atoms with E-state index in [2.05, 4.69) is 0 Å². The Morgan fingerprint density at radius 3 is 2.48 bits per heavy atom. The number of carbonyl (C=O) groups is 1. The minimum Gasteiger partial charge on any atom is -0.466 e. The normalized spacial score (nSPS) is 15.7. The lowest BCUT2D eigenvalue weighted by atomic mass is 9.92. The Kier molecular flexibility index (Phi) is 7.81. The Labute approximate surface area is 142 Å². The molecule has 0 aliphatic heterocycles. The van der Waals surface area contributed by atoms with Gasteiger partial charge in [0.25, 0.3) is 0 Å². The van der Waals surface area contributed by atoms with Crippen molar-refractivity contribution in [2.45, 2.75) is 43.7 Å². The van der Waals surface area contributed by atoms with Crippen LogP contribution in [0.4, 0.5) is 0 Å². The maximum Gasteiger partial charge on any atom is 0.332 e. The fourth-order valence-electron chi connectivity index (χ4n) is 2.14. The number of ether oxygens (including phenoxy) is 1. The molecule has 1 rings (SSSR count). The van der Waals surface area contributed by atoms with E-state index in [4.69, 9.17) is 4.74 Å². The molecule has 0 heterocycles. The third-order valence-electron chi connectivity index (χ3n) is 4.09. The summed E-state index contributed by atoms with van der Waals surface area (Å²) in [7, 11) is -4.33. The van der Waals surface area contributed by atoms with E-state index < -0.39 is 12.8 Å². The summed E-state index contributed by atoms with van der Waals surface area (Å²) >= 11 is 1.42. The molecule has 2 unspecified atom stereocenters. The van der Waals surface area contributed by atoms with E-state index in [-0.39, 0.29) is 24.1 Å². The lowest BCUT2D eigenvalue weighted by molar-refractivity contribution is -0.143. The van der Waals surface area contributed by atoms with Gasteiger partial charge in [0, 0.05) is 17.1 Å². The van der Waals surface area contributed by atoms with Gasteiger partial charge in [0.15, 0.2) is 0 Å². The third-order valence-corrected chi connectivity index (χ3v) is 7.58. The lowest BCUT2D eigenvalue weighted by Gasteiger charge is -2.35. The Morgan fingerprint density at radius 2 is 1.96 bits per heavy atom. The second-order valence-corrected chi connectivity index (χ2v) is 8.91. The van der Waals surface area contributed by atoms with Crippen molar-refractivity contribution < 1.29 is 23.9 Å². The summed E-state index contributed by atoms with van der Waals surface area (Å²) < 4.78 is 16.9. The van der Waals surface area contributed by atoms with Gasteiger partial charge in [0.1, 0.15) is 0 Å². The summed E-state index contributed by atoms with van der Waals surface area (Å²) in [5, 5.41) is -1.19. The molecular formula is C16H25O5PS.